The summed E-state index contributed by atoms with van der Waals surface area (Å²) in [5.41, 5.74) is 3.47. The molecule has 132 valence electrons. The van der Waals surface area contributed by atoms with E-state index in [0.717, 1.165) is 24.5 Å². The van der Waals surface area contributed by atoms with Crippen molar-refractivity contribution in [2.75, 3.05) is 7.11 Å². The average Bonchev–Trinajstić information content (AvgIpc) is 2.81. The van der Waals surface area contributed by atoms with E-state index in [1.807, 2.05) is 0 Å². The molecule has 2 heteroatoms. The van der Waals surface area contributed by atoms with Gasteiger partial charge in [0.25, 0.3) is 0 Å². The Morgan fingerprint density at radius 1 is 1.25 bits per heavy atom. The zero-order chi connectivity index (χ0) is 17.1. The lowest BCUT2D eigenvalue weighted by atomic mass is 9.51. The molecule has 0 radical (unpaired) electrons. The first kappa shape index (κ1) is 16.4. The van der Waals surface area contributed by atoms with Gasteiger partial charge in [0.2, 0.25) is 0 Å². The van der Waals surface area contributed by atoms with Crippen molar-refractivity contribution in [2.24, 2.45) is 22.7 Å². The molecule has 0 unspecified atom stereocenters. The minimum atomic E-state index is -0.120. The summed E-state index contributed by atoms with van der Waals surface area (Å²) in [4.78, 5) is 0. The summed E-state index contributed by atoms with van der Waals surface area (Å²) in [5, 5.41) is 10.9. The Labute approximate surface area is 146 Å². The van der Waals surface area contributed by atoms with E-state index < -0.39 is 0 Å². The molecular formula is C22H32O2. The molecular weight excluding hydrogens is 296 g/mol. The van der Waals surface area contributed by atoms with Crippen molar-refractivity contribution in [3.8, 4) is 5.75 Å². The van der Waals surface area contributed by atoms with Crippen molar-refractivity contribution >= 4 is 0 Å². The van der Waals surface area contributed by atoms with E-state index in [-0.39, 0.29) is 11.5 Å². The number of aliphatic hydroxyl groups is 1. The normalized spacial score (nSPS) is 43.7. The minimum absolute atomic E-state index is 0.120. The van der Waals surface area contributed by atoms with Crippen molar-refractivity contribution in [3.05, 3.63) is 29.3 Å². The summed E-state index contributed by atoms with van der Waals surface area (Å²) in [7, 11) is 1.76. The number of hydrogen-bond acceptors (Lipinski definition) is 2. The Morgan fingerprint density at radius 2 is 2.04 bits per heavy atom. The summed E-state index contributed by atoms with van der Waals surface area (Å²) >= 11 is 0. The molecule has 2 nitrogen and oxygen atoms in total. The molecule has 4 rings (SSSR count). The minimum Gasteiger partial charge on any atom is -0.497 e. The van der Waals surface area contributed by atoms with E-state index in [0.29, 0.717) is 17.3 Å². The van der Waals surface area contributed by atoms with Crippen molar-refractivity contribution in [1.29, 1.82) is 0 Å². The smallest absolute Gasteiger partial charge is 0.119 e. The van der Waals surface area contributed by atoms with Crippen LogP contribution in [0.2, 0.25) is 0 Å². The molecule has 0 bridgehead atoms. The van der Waals surface area contributed by atoms with Crippen LogP contribution < -0.4 is 4.74 Å². The molecule has 0 amide bonds. The first-order valence-corrected chi connectivity index (χ1v) is 9.78. The van der Waals surface area contributed by atoms with Crippen molar-refractivity contribution < 1.29 is 9.84 Å². The first-order chi connectivity index (χ1) is 11.4. The van der Waals surface area contributed by atoms with Gasteiger partial charge in [0, 0.05) is 0 Å². The summed E-state index contributed by atoms with van der Waals surface area (Å²) in [5.74, 6) is 3.04. The maximum absolute atomic E-state index is 10.9. The van der Waals surface area contributed by atoms with Crippen LogP contribution in [-0.4, -0.2) is 18.3 Å². The van der Waals surface area contributed by atoms with Gasteiger partial charge in [0.1, 0.15) is 5.75 Å². The molecule has 3 aliphatic rings. The predicted octanol–water partition coefficient (Wildman–Crippen LogP) is 4.94. The van der Waals surface area contributed by atoms with Gasteiger partial charge in [-0.25, -0.2) is 0 Å². The van der Waals surface area contributed by atoms with Gasteiger partial charge >= 0.3 is 0 Å². The average molecular weight is 328 g/mol. The summed E-state index contributed by atoms with van der Waals surface area (Å²) < 4.78 is 5.43. The highest BCUT2D eigenvalue weighted by molar-refractivity contribution is 5.41. The van der Waals surface area contributed by atoms with Crippen LogP contribution >= 0.6 is 0 Å². The van der Waals surface area contributed by atoms with Crippen molar-refractivity contribution in [1.82, 2.24) is 0 Å². The van der Waals surface area contributed by atoms with Crippen LogP contribution in [0.3, 0.4) is 0 Å². The highest BCUT2D eigenvalue weighted by Crippen LogP contribution is 2.67. The van der Waals surface area contributed by atoms with Gasteiger partial charge in [-0.2, -0.15) is 0 Å². The van der Waals surface area contributed by atoms with Gasteiger partial charge in [0.15, 0.2) is 0 Å². The predicted molar refractivity (Wildman–Crippen MR) is 97.4 cm³/mol. The van der Waals surface area contributed by atoms with E-state index in [4.69, 9.17) is 4.74 Å². The van der Waals surface area contributed by atoms with Gasteiger partial charge in [-0.15, -0.1) is 0 Å². The number of rotatable bonds is 2. The largest absolute Gasteiger partial charge is 0.497 e. The number of aryl methyl sites for hydroxylation is 1. The van der Waals surface area contributed by atoms with E-state index in [9.17, 15) is 5.11 Å². The van der Waals surface area contributed by atoms with Crippen LogP contribution in [0.4, 0.5) is 0 Å². The Balaban J connectivity index is 1.74. The monoisotopic (exact) mass is 328 g/mol. The Bertz CT molecular complexity index is 639. The van der Waals surface area contributed by atoms with Crippen LogP contribution in [0, 0.1) is 22.7 Å². The van der Waals surface area contributed by atoms with Crippen molar-refractivity contribution in [3.63, 3.8) is 0 Å². The number of hydrogen-bond donors (Lipinski definition) is 1. The maximum Gasteiger partial charge on any atom is 0.119 e. The molecule has 0 aromatic heterocycles. The van der Waals surface area contributed by atoms with Gasteiger partial charge < -0.3 is 9.84 Å². The molecule has 24 heavy (non-hydrogen) atoms. The number of ether oxygens (including phenoxy) is 1. The van der Waals surface area contributed by atoms with Crippen molar-refractivity contribution in [2.45, 2.75) is 71.3 Å². The van der Waals surface area contributed by atoms with Gasteiger partial charge in [-0.1, -0.05) is 33.3 Å². The zero-order valence-corrected chi connectivity index (χ0v) is 15.6. The SMILES string of the molecule is CC[C@@]1(C)C[C@@H](O)[C@@]2(C)CC[C@@H]3c4ccc(OC)cc4CC[C@H]3[C@H]12. The fourth-order valence-corrected chi connectivity index (χ4v) is 6.77. The molecule has 3 aliphatic carbocycles. The summed E-state index contributed by atoms with van der Waals surface area (Å²) in [6, 6.07) is 6.71. The Morgan fingerprint density at radius 3 is 2.75 bits per heavy atom. The first-order valence-electron chi connectivity index (χ1n) is 9.78. The molecule has 0 spiro atoms. The molecule has 0 aliphatic heterocycles. The topological polar surface area (TPSA) is 29.5 Å². The van der Waals surface area contributed by atoms with Crippen LogP contribution in [0.25, 0.3) is 0 Å². The highest BCUT2D eigenvalue weighted by atomic mass is 16.5. The number of benzene rings is 1. The third-order valence-corrected chi connectivity index (χ3v) is 8.13. The quantitative estimate of drug-likeness (QED) is 0.833. The number of aliphatic hydroxyl groups excluding tert-OH is 1. The second-order valence-electron chi connectivity index (χ2n) is 9.12. The molecule has 2 saturated carbocycles. The Hall–Kier alpha value is -1.02. The zero-order valence-electron chi connectivity index (χ0n) is 15.6. The molecule has 1 aromatic rings. The van der Waals surface area contributed by atoms with Crippen LogP contribution in [0.15, 0.2) is 18.2 Å². The van der Waals surface area contributed by atoms with E-state index in [1.165, 1.54) is 31.2 Å². The van der Waals surface area contributed by atoms with Crippen LogP contribution in [0.1, 0.15) is 69.9 Å². The lowest BCUT2D eigenvalue weighted by molar-refractivity contribution is -0.0442. The number of methoxy groups -OCH3 is 1. The number of fused-ring (bicyclic) bond motifs is 5. The summed E-state index contributed by atoms with van der Waals surface area (Å²) in [6.07, 6.45) is 6.89. The van der Waals surface area contributed by atoms with E-state index in [1.54, 1.807) is 12.7 Å². The molecule has 1 aromatic carbocycles. The van der Waals surface area contributed by atoms with E-state index >= 15 is 0 Å². The standard InChI is InChI=1S/C22H32O2/c1-5-21(2)13-19(23)22(3)11-10-17-16-9-7-15(24-4)12-14(16)6-8-18(17)20(21)22/h7,9,12,17-20,23H,5-6,8,10-11,13H2,1-4H3/t17-,18-,19-,20-,21+,22-/m1/s1. The van der Waals surface area contributed by atoms with Gasteiger partial charge in [-0.05, 0) is 83.9 Å². The molecule has 6 atom stereocenters. The van der Waals surface area contributed by atoms with Crippen LogP contribution in [-0.2, 0) is 6.42 Å². The molecule has 2 fully saturated rings. The maximum atomic E-state index is 10.9. The third kappa shape index (κ3) is 2.11. The van der Waals surface area contributed by atoms with Gasteiger partial charge in [-0.3, -0.25) is 0 Å². The second kappa shape index (κ2) is 5.49. The lowest BCUT2D eigenvalue weighted by Crippen LogP contribution is -2.47. The Kier molecular flexibility index (Phi) is 3.76. The molecule has 0 saturated heterocycles. The van der Waals surface area contributed by atoms with E-state index in [2.05, 4.69) is 39.0 Å². The summed E-state index contributed by atoms with van der Waals surface area (Å²) in [6.45, 7) is 7.14. The van der Waals surface area contributed by atoms with Crippen LogP contribution in [0.5, 0.6) is 5.75 Å². The third-order valence-electron chi connectivity index (χ3n) is 8.13. The fraction of sp³-hybridized carbons (Fsp3) is 0.727. The van der Waals surface area contributed by atoms with Gasteiger partial charge in [0.05, 0.1) is 13.2 Å². The molecule has 1 N–H and O–H groups in total. The lowest BCUT2D eigenvalue weighted by Gasteiger charge is -2.53. The second-order valence-corrected chi connectivity index (χ2v) is 9.12. The highest BCUT2D eigenvalue weighted by Gasteiger charge is 2.62. The molecule has 0 heterocycles. The fourth-order valence-electron chi connectivity index (χ4n) is 6.77.